The maximum absolute atomic E-state index is 12.0. The first kappa shape index (κ1) is 24.2. The minimum absolute atomic E-state index is 0.0434. The molecule has 7 nitrogen and oxygen atoms in total. The Labute approximate surface area is 184 Å². The van der Waals surface area contributed by atoms with E-state index in [4.69, 9.17) is 10.5 Å². The zero-order chi connectivity index (χ0) is 23.2. The summed E-state index contributed by atoms with van der Waals surface area (Å²) in [5.41, 5.74) is 8.32. The fourth-order valence-electron chi connectivity index (χ4n) is 3.09. The van der Waals surface area contributed by atoms with Crippen LogP contribution in [0.2, 0.25) is 0 Å². The number of anilines is 1. The van der Waals surface area contributed by atoms with Gasteiger partial charge in [0.25, 0.3) is 0 Å². The number of carbonyl (C=O) groups is 2. The summed E-state index contributed by atoms with van der Waals surface area (Å²) < 4.78 is 10.6. The smallest absolute Gasteiger partial charge is 0.405 e. The summed E-state index contributed by atoms with van der Waals surface area (Å²) in [6.45, 7) is 11.5. The minimum Gasteiger partial charge on any atom is -0.485 e. The number of nitrogens with zero attached hydrogens (tertiary/aromatic N) is 1. The molecule has 0 radical (unpaired) electrons. The molecule has 0 fully saturated rings. The third kappa shape index (κ3) is 7.59. The number of primary amides is 1. The van der Waals surface area contributed by atoms with Crippen LogP contribution in [0, 0.1) is 5.92 Å². The Balaban J connectivity index is 0.000000366. The molecule has 1 aromatic heterocycles. The zero-order valence-electron chi connectivity index (χ0n) is 19.2. The Hall–Kier alpha value is -3.09. The first-order chi connectivity index (χ1) is 14.5. The summed E-state index contributed by atoms with van der Waals surface area (Å²) >= 11 is 0. The molecule has 1 aliphatic rings. The number of benzene rings is 1. The van der Waals surface area contributed by atoms with E-state index in [-0.39, 0.29) is 12.0 Å². The summed E-state index contributed by atoms with van der Waals surface area (Å²) in [6.07, 6.45) is 4.31. The lowest BCUT2D eigenvalue weighted by Crippen LogP contribution is -2.27. The van der Waals surface area contributed by atoms with Crippen LogP contribution in [0.5, 0.6) is 5.75 Å². The van der Waals surface area contributed by atoms with Crippen LogP contribution in [0.1, 0.15) is 66.1 Å². The third-order valence-electron chi connectivity index (χ3n) is 4.50. The average Bonchev–Trinajstić information content (AvgIpc) is 2.65. The maximum Gasteiger partial charge on any atom is 0.405 e. The molecular formula is C24H33N3O4. The van der Waals surface area contributed by atoms with E-state index in [9.17, 15) is 9.59 Å². The number of nitrogens with two attached hydrogens (primary N) is 1. The van der Waals surface area contributed by atoms with Crippen molar-refractivity contribution in [2.75, 3.05) is 5.32 Å². The van der Waals surface area contributed by atoms with Crippen molar-refractivity contribution in [3.63, 3.8) is 0 Å². The first-order valence-electron chi connectivity index (χ1n) is 10.5. The van der Waals surface area contributed by atoms with Crippen LogP contribution in [0.15, 0.2) is 36.7 Å². The molecule has 0 bridgehead atoms. The number of aromatic nitrogens is 1. The molecule has 2 heterocycles. The predicted octanol–water partition coefficient (Wildman–Crippen LogP) is 5.46. The average molecular weight is 428 g/mol. The van der Waals surface area contributed by atoms with E-state index in [1.165, 1.54) is 0 Å². The lowest BCUT2D eigenvalue weighted by atomic mass is 9.95. The SMILES string of the molecule is CC(C)(C)OC(N)=O.CC(C)CCC(=O)Nc1ccc2c(c1)OC(C)c1cnccc1-2. The van der Waals surface area contributed by atoms with Crippen LogP contribution >= 0.6 is 0 Å². The highest BCUT2D eigenvalue weighted by molar-refractivity contribution is 5.91. The summed E-state index contributed by atoms with van der Waals surface area (Å²) in [5, 5.41) is 2.95. The molecule has 0 saturated heterocycles. The molecule has 3 N–H and O–H groups in total. The molecule has 2 amide bonds. The molecular weight excluding hydrogens is 394 g/mol. The highest BCUT2D eigenvalue weighted by atomic mass is 16.6. The number of carbonyl (C=O) groups excluding carboxylic acids is 2. The Morgan fingerprint density at radius 1 is 1.23 bits per heavy atom. The van der Waals surface area contributed by atoms with Gasteiger partial charge >= 0.3 is 6.09 Å². The van der Waals surface area contributed by atoms with Gasteiger partial charge in [-0.3, -0.25) is 9.78 Å². The van der Waals surface area contributed by atoms with Crippen molar-refractivity contribution in [3.8, 4) is 16.9 Å². The number of pyridine rings is 1. The summed E-state index contributed by atoms with van der Waals surface area (Å²) in [5.74, 6) is 1.38. The van der Waals surface area contributed by atoms with Crippen LogP contribution < -0.4 is 15.8 Å². The van der Waals surface area contributed by atoms with E-state index in [1.54, 1.807) is 27.0 Å². The molecule has 0 saturated carbocycles. The van der Waals surface area contributed by atoms with Gasteiger partial charge in [0.05, 0.1) is 0 Å². The molecule has 0 spiro atoms. The molecule has 2 aromatic rings. The molecule has 1 aromatic carbocycles. The highest BCUT2D eigenvalue weighted by Gasteiger charge is 2.23. The molecule has 1 aliphatic heterocycles. The number of fused-ring (bicyclic) bond motifs is 3. The van der Waals surface area contributed by atoms with Crippen molar-refractivity contribution in [3.05, 3.63) is 42.2 Å². The summed E-state index contributed by atoms with van der Waals surface area (Å²) in [7, 11) is 0. The van der Waals surface area contributed by atoms with Crippen molar-refractivity contribution in [2.45, 2.75) is 66.1 Å². The van der Waals surface area contributed by atoms with Gasteiger partial charge in [0.2, 0.25) is 5.91 Å². The second-order valence-corrected chi connectivity index (χ2v) is 8.95. The minimum atomic E-state index is -0.725. The molecule has 1 unspecified atom stereocenters. The number of hydrogen-bond donors (Lipinski definition) is 2. The largest absolute Gasteiger partial charge is 0.485 e. The molecule has 31 heavy (non-hydrogen) atoms. The number of nitrogens with one attached hydrogen (secondary N) is 1. The van der Waals surface area contributed by atoms with E-state index in [0.29, 0.717) is 12.3 Å². The molecule has 1 atom stereocenters. The van der Waals surface area contributed by atoms with Gasteiger partial charge in [-0.15, -0.1) is 0 Å². The predicted molar refractivity (Wildman–Crippen MR) is 122 cm³/mol. The quantitative estimate of drug-likeness (QED) is 0.674. The van der Waals surface area contributed by atoms with Gasteiger partial charge in [-0.2, -0.15) is 0 Å². The van der Waals surface area contributed by atoms with E-state index < -0.39 is 11.7 Å². The number of hydrogen-bond acceptors (Lipinski definition) is 5. The van der Waals surface area contributed by atoms with Crippen molar-refractivity contribution < 1.29 is 19.1 Å². The second kappa shape index (κ2) is 10.3. The maximum atomic E-state index is 12.0. The van der Waals surface area contributed by atoms with Crippen molar-refractivity contribution in [2.24, 2.45) is 11.7 Å². The van der Waals surface area contributed by atoms with Crippen molar-refractivity contribution in [1.29, 1.82) is 0 Å². The lowest BCUT2D eigenvalue weighted by molar-refractivity contribution is -0.116. The van der Waals surface area contributed by atoms with Gasteiger partial charge < -0.3 is 20.5 Å². The van der Waals surface area contributed by atoms with Gasteiger partial charge in [-0.25, -0.2) is 4.79 Å². The van der Waals surface area contributed by atoms with Gasteiger partial charge in [0, 0.05) is 41.7 Å². The van der Waals surface area contributed by atoms with Crippen molar-refractivity contribution >= 4 is 17.7 Å². The molecule has 168 valence electrons. The van der Waals surface area contributed by atoms with Gasteiger partial charge in [-0.05, 0) is 63.8 Å². The number of rotatable bonds is 4. The van der Waals surface area contributed by atoms with Crippen LogP contribution in [0.3, 0.4) is 0 Å². The fraction of sp³-hybridized carbons (Fsp3) is 0.458. The Morgan fingerprint density at radius 3 is 2.52 bits per heavy atom. The second-order valence-electron chi connectivity index (χ2n) is 8.95. The van der Waals surface area contributed by atoms with Gasteiger partial charge in [-0.1, -0.05) is 13.8 Å². The van der Waals surface area contributed by atoms with Crippen LogP contribution in [-0.2, 0) is 9.53 Å². The van der Waals surface area contributed by atoms with E-state index in [1.807, 2.05) is 37.4 Å². The van der Waals surface area contributed by atoms with Crippen LogP contribution in [-0.4, -0.2) is 22.6 Å². The van der Waals surface area contributed by atoms with Crippen LogP contribution in [0.4, 0.5) is 10.5 Å². The summed E-state index contributed by atoms with van der Waals surface area (Å²) in [4.78, 5) is 26.2. The zero-order valence-corrected chi connectivity index (χ0v) is 19.2. The monoisotopic (exact) mass is 427 g/mol. The fourth-order valence-corrected chi connectivity index (χ4v) is 3.09. The Kier molecular flexibility index (Phi) is 8.02. The topological polar surface area (TPSA) is 104 Å². The highest BCUT2D eigenvalue weighted by Crippen LogP contribution is 2.42. The first-order valence-corrected chi connectivity index (χ1v) is 10.5. The van der Waals surface area contributed by atoms with Gasteiger partial charge in [0.15, 0.2) is 0 Å². The Morgan fingerprint density at radius 2 is 1.94 bits per heavy atom. The number of ether oxygens (including phenoxy) is 2. The lowest BCUT2D eigenvalue weighted by Gasteiger charge is -2.26. The van der Waals surface area contributed by atoms with E-state index >= 15 is 0 Å². The number of amides is 2. The standard InChI is InChI=1S/C19H22N2O2.C5H11NO2/c1-12(2)4-7-19(22)21-14-5-6-16-15-8-9-20-11-17(15)13(3)23-18(16)10-14;1-5(2,3)8-4(6)7/h5-6,8-13H,4,7H2,1-3H3,(H,21,22);1-3H3,(H2,6,7). The van der Waals surface area contributed by atoms with Crippen LogP contribution in [0.25, 0.3) is 11.1 Å². The summed E-state index contributed by atoms with van der Waals surface area (Å²) in [6, 6.07) is 7.84. The third-order valence-corrected chi connectivity index (χ3v) is 4.50. The Bertz CT molecular complexity index is 919. The normalized spacial score (nSPS) is 14.4. The molecule has 3 rings (SSSR count). The van der Waals surface area contributed by atoms with E-state index in [0.717, 1.165) is 34.5 Å². The van der Waals surface area contributed by atoms with E-state index in [2.05, 4.69) is 28.9 Å². The molecule has 7 heteroatoms. The molecule has 0 aliphatic carbocycles. The van der Waals surface area contributed by atoms with Gasteiger partial charge in [0.1, 0.15) is 17.5 Å². The van der Waals surface area contributed by atoms with Crippen molar-refractivity contribution in [1.82, 2.24) is 4.98 Å².